The Morgan fingerprint density at radius 2 is 2.30 bits per heavy atom. The molecule has 1 aliphatic heterocycles. The van der Waals surface area contributed by atoms with Crippen molar-refractivity contribution < 1.29 is 14.6 Å². The molecule has 0 radical (unpaired) electrons. The Morgan fingerprint density at radius 1 is 1.43 bits per heavy atom. The number of aryl methyl sites for hydroxylation is 1. The lowest BCUT2D eigenvalue weighted by atomic mass is 10.2. The summed E-state index contributed by atoms with van der Waals surface area (Å²) in [7, 11) is 0. The number of aliphatic hydroxyl groups is 1. The zero-order valence-corrected chi connectivity index (χ0v) is 13.8. The highest BCUT2D eigenvalue weighted by Gasteiger charge is 2.17. The van der Waals surface area contributed by atoms with Gasteiger partial charge in [0.2, 0.25) is 0 Å². The Morgan fingerprint density at radius 3 is 3.09 bits per heavy atom. The normalized spacial score (nSPS) is 19.5. The summed E-state index contributed by atoms with van der Waals surface area (Å²) in [4.78, 5) is 4.69. The van der Waals surface area contributed by atoms with Gasteiger partial charge < -0.3 is 19.1 Å². The van der Waals surface area contributed by atoms with Gasteiger partial charge in [-0.2, -0.15) is 0 Å². The van der Waals surface area contributed by atoms with Crippen LogP contribution in [0.3, 0.4) is 0 Å². The molecule has 0 bridgehead atoms. The maximum Gasteiger partial charge on any atom is 0.109 e. The summed E-state index contributed by atoms with van der Waals surface area (Å²) in [5.41, 5.74) is 2.07. The van der Waals surface area contributed by atoms with Crippen LogP contribution in [0.25, 0.3) is 11.0 Å². The molecular weight excluding hydrogens is 292 g/mol. The SMILES string of the molecule is CCCc1nc2ccccc2n1CC(O)COCC1CCCO1. The van der Waals surface area contributed by atoms with Crippen LogP contribution < -0.4 is 0 Å². The second-order valence-corrected chi connectivity index (χ2v) is 6.20. The Kier molecular flexibility index (Phi) is 5.65. The number of ether oxygens (including phenoxy) is 2. The summed E-state index contributed by atoms with van der Waals surface area (Å²) in [6, 6.07) is 8.08. The van der Waals surface area contributed by atoms with Crippen LogP contribution in [-0.4, -0.2) is 46.7 Å². The largest absolute Gasteiger partial charge is 0.389 e. The zero-order valence-electron chi connectivity index (χ0n) is 13.8. The van der Waals surface area contributed by atoms with E-state index in [1.165, 1.54) is 0 Å². The lowest BCUT2D eigenvalue weighted by Gasteiger charge is -2.16. The van der Waals surface area contributed by atoms with Crippen molar-refractivity contribution in [1.29, 1.82) is 0 Å². The van der Waals surface area contributed by atoms with E-state index in [4.69, 9.17) is 9.47 Å². The van der Waals surface area contributed by atoms with Crippen LogP contribution in [0.5, 0.6) is 0 Å². The van der Waals surface area contributed by atoms with E-state index in [1.807, 2.05) is 18.2 Å². The fourth-order valence-corrected chi connectivity index (χ4v) is 3.12. The number of imidazole rings is 1. The molecule has 1 aromatic carbocycles. The molecule has 1 fully saturated rings. The predicted octanol–water partition coefficient (Wildman–Crippen LogP) is 2.55. The highest BCUT2D eigenvalue weighted by molar-refractivity contribution is 5.75. The van der Waals surface area contributed by atoms with Crippen LogP contribution >= 0.6 is 0 Å². The fourth-order valence-electron chi connectivity index (χ4n) is 3.12. The Bertz CT molecular complexity index is 620. The molecule has 5 nitrogen and oxygen atoms in total. The lowest BCUT2D eigenvalue weighted by Crippen LogP contribution is -2.25. The van der Waals surface area contributed by atoms with E-state index in [0.29, 0.717) is 19.8 Å². The average molecular weight is 318 g/mol. The van der Waals surface area contributed by atoms with Crippen LogP contribution in [0.1, 0.15) is 32.0 Å². The minimum absolute atomic E-state index is 0.201. The van der Waals surface area contributed by atoms with E-state index in [2.05, 4.69) is 22.5 Å². The van der Waals surface area contributed by atoms with E-state index in [-0.39, 0.29) is 6.10 Å². The quantitative estimate of drug-likeness (QED) is 0.813. The standard InChI is InChI=1S/C18H26N2O3/c1-2-6-18-19-16-8-3-4-9-17(16)20(18)11-14(21)12-22-13-15-7-5-10-23-15/h3-4,8-9,14-15,21H,2,5-7,10-13H2,1H3. The van der Waals surface area contributed by atoms with Gasteiger partial charge >= 0.3 is 0 Å². The highest BCUT2D eigenvalue weighted by atomic mass is 16.5. The van der Waals surface area contributed by atoms with E-state index >= 15 is 0 Å². The summed E-state index contributed by atoms with van der Waals surface area (Å²) in [6.07, 6.45) is 3.78. The molecule has 0 spiro atoms. The lowest BCUT2D eigenvalue weighted by molar-refractivity contribution is -0.0206. The molecule has 1 aliphatic rings. The molecule has 3 rings (SSSR count). The number of fused-ring (bicyclic) bond motifs is 1. The number of aromatic nitrogens is 2. The van der Waals surface area contributed by atoms with Crippen molar-refractivity contribution >= 4 is 11.0 Å². The second-order valence-electron chi connectivity index (χ2n) is 6.20. The summed E-state index contributed by atoms with van der Waals surface area (Å²) < 4.78 is 13.3. The molecule has 1 N–H and O–H groups in total. The van der Waals surface area contributed by atoms with Crippen LogP contribution in [-0.2, 0) is 22.4 Å². The summed E-state index contributed by atoms with van der Waals surface area (Å²) in [5, 5.41) is 10.3. The molecule has 1 aromatic heterocycles. The molecule has 23 heavy (non-hydrogen) atoms. The van der Waals surface area contributed by atoms with Gasteiger partial charge in [-0.1, -0.05) is 19.1 Å². The monoisotopic (exact) mass is 318 g/mol. The van der Waals surface area contributed by atoms with E-state index in [0.717, 1.165) is 49.1 Å². The molecular formula is C18H26N2O3. The van der Waals surface area contributed by atoms with Gasteiger partial charge in [0.15, 0.2) is 0 Å². The average Bonchev–Trinajstić information content (AvgIpc) is 3.17. The number of benzene rings is 1. The van der Waals surface area contributed by atoms with Crippen molar-refractivity contribution in [2.24, 2.45) is 0 Å². The molecule has 2 aromatic rings. The van der Waals surface area contributed by atoms with E-state index < -0.39 is 6.10 Å². The summed E-state index contributed by atoms with van der Waals surface area (Å²) >= 11 is 0. The minimum atomic E-state index is -0.537. The van der Waals surface area contributed by atoms with Gasteiger partial charge in [0.1, 0.15) is 5.82 Å². The third-order valence-electron chi connectivity index (χ3n) is 4.24. The van der Waals surface area contributed by atoms with Gasteiger partial charge in [-0.05, 0) is 31.4 Å². The first-order valence-corrected chi connectivity index (χ1v) is 8.59. The van der Waals surface area contributed by atoms with Gasteiger partial charge in [-0.15, -0.1) is 0 Å². The van der Waals surface area contributed by atoms with Crippen molar-refractivity contribution in [3.63, 3.8) is 0 Å². The first-order chi connectivity index (χ1) is 11.3. The molecule has 2 unspecified atom stereocenters. The Balaban J connectivity index is 1.61. The third-order valence-corrected chi connectivity index (χ3v) is 4.24. The maximum absolute atomic E-state index is 10.3. The maximum atomic E-state index is 10.3. The van der Waals surface area contributed by atoms with Crippen LogP contribution in [0.2, 0.25) is 0 Å². The number of aliphatic hydroxyl groups excluding tert-OH is 1. The number of hydrogen-bond acceptors (Lipinski definition) is 4. The van der Waals surface area contributed by atoms with Crippen molar-refractivity contribution in [3.8, 4) is 0 Å². The zero-order chi connectivity index (χ0) is 16.1. The first kappa shape index (κ1) is 16.4. The van der Waals surface area contributed by atoms with Crippen molar-refractivity contribution in [1.82, 2.24) is 9.55 Å². The van der Waals surface area contributed by atoms with Gasteiger partial charge in [-0.3, -0.25) is 0 Å². The van der Waals surface area contributed by atoms with E-state index in [9.17, 15) is 5.11 Å². The van der Waals surface area contributed by atoms with Gasteiger partial charge in [0, 0.05) is 13.0 Å². The number of para-hydroxylation sites is 2. The van der Waals surface area contributed by atoms with Gasteiger partial charge in [0.05, 0.1) is 43.0 Å². The molecule has 0 aliphatic carbocycles. The first-order valence-electron chi connectivity index (χ1n) is 8.59. The predicted molar refractivity (Wildman–Crippen MR) is 89.5 cm³/mol. The van der Waals surface area contributed by atoms with Gasteiger partial charge in [-0.25, -0.2) is 4.98 Å². The third kappa shape index (κ3) is 4.10. The Labute approximate surface area is 137 Å². The summed E-state index contributed by atoms with van der Waals surface area (Å²) in [5.74, 6) is 1.03. The fraction of sp³-hybridized carbons (Fsp3) is 0.611. The number of nitrogens with zero attached hydrogens (tertiary/aromatic N) is 2. The van der Waals surface area contributed by atoms with Crippen LogP contribution in [0, 0.1) is 0 Å². The van der Waals surface area contributed by atoms with Crippen molar-refractivity contribution in [2.45, 2.75) is 51.4 Å². The van der Waals surface area contributed by atoms with E-state index in [1.54, 1.807) is 0 Å². The molecule has 126 valence electrons. The molecule has 5 heteroatoms. The van der Waals surface area contributed by atoms with Gasteiger partial charge in [0.25, 0.3) is 0 Å². The smallest absolute Gasteiger partial charge is 0.109 e. The number of rotatable bonds is 8. The molecule has 1 saturated heterocycles. The molecule has 0 amide bonds. The molecule has 2 heterocycles. The second kappa shape index (κ2) is 7.90. The Hall–Kier alpha value is -1.43. The number of hydrogen-bond donors (Lipinski definition) is 1. The topological polar surface area (TPSA) is 56.5 Å². The highest BCUT2D eigenvalue weighted by Crippen LogP contribution is 2.18. The molecule has 0 saturated carbocycles. The van der Waals surface area contributed by atoms with Crippen LogP contribution in [0.4, 0.5) is 0 Å². The minimum Gasteiger partial charge on any atom is -0.389 e. The molecule has 2 atom stereocenters. The van der Waals surface area contributed by atoms with Crippen LogP contribution in [0.15, 0.2) is 24.3 Å². The van der Waals surface area contributed by atoms with Crippen molar-refractivity contribution in [2.75, 3.05) is 19.8 Å². The van der Waals surface area contributed by atoms with Crippen molar-refractivity contribution in [3.05, 3.63) is 30.1 Å². The summed E-state index contributed by atoms with van der Waals surface area (Å²) in [6.45, 7) is 4.39.